The van der Waals surface area contributed by atoms with Gasteiger partial charge in [0.25, 0.3) is 0 Å². The second-order valence-electron chi connectivity index (χ2n) is 4.87. The molecule has 0 aliphatic rings. The molecule has 2 nitrogen and oxygen atoms in total. The number of thiophene rings is 1. The average molecular weight is 255 g/mol. The van der Waals surface area contributed by atoms with E-state index >= 15 is 0 Å². The monoisotopic (exact) mass is 255 g/mol. The lowest BCUT2D eigenvalue weighted by Gasteiger charge is -2.21. The van der Waals surface area contributed by atoms with Gasteiger partial charge in [-0.15, -0.1) is 0 Å². The fourth-order valence-corrected chi connectivity index (χ4v) is 2.62. The summed E-state index contributed by atoms with van der Waals surface area (Å²) in [7, 11) is 1.75. The van der Waals surface area contributed by atoms with Gasteiger partial charge in [0.05, 0.1) is 6.61 Å². The minimum absolute atomic E-state index is 0.740. The molecule has 0 aliphatic carbocycles. The highest BCUT2D eigenvalue weighted by molar-refractivity contribution is 7.07. The first kappa shape index (κ1) is 14.7. The molecule has 98 valence electrons. The third-order valence-corrected chi connectivity index (χ3v) is 3.95. The molecule has 1 N–H and O–H groups in total. The van der Waals surface area contributed by atoms with Crippen LogP contribution in [0.15, 0.2) is 16.8 Å². The number of rotatable bonds is 9. The lowest BCUT2D eigenvalue weighted by atomic mass is 9.90. The van der Waals surface area contributed by atoms with Crippen molar-refractivity contribution in [3.8, 4) is 0 Å². The summed E-state index contributed by atoms with van der Waals surface area (Å²) in [5.74, 6) is 1.50. The zero-order valence-corrected chi connectivity index (χ0v) is 12.1. The fraction of sp³-hybridized carbons (Fsp3) is 0.714. The summed E-state index contributed by atoms with van der Waals surface area (Å²) in [4.78, 5) is 0. The third-order valence-electron chi connectivity index (χ3n) is 3.22. The van der Waals surface area contributed by atoms with E-state index in [4.69, 9.17) is 4.74 Å². The van der Waals surface area contributed by atoms with Crippen LogP contribution in [0.3, 0.4) is 0 Å². The highest BCUT2D eigenvalue weighted by atomic mass is 32.1. The highest BCUT2D eigenvalue weighted by Crippen LogP contribution is 2.18. The standard InChI is InChI=1S/C14H25NOS/c1-12(2)14(10-15-7-8-16-3)5-4-13-6-9-17-11-13/h6,9,11-12,14-15H,4-5,7-8,10H2,1-3H3. The van der Waals surface area contributed by atoms with Crippen LogP contribution in [0.5, 0.6) is 0 Å². The van der Waals surface area contributed by atoms with Gasteiger partial charge < -0.3 is 10.1 Å². The highest BCUT2D eigenvalue weighted by Gasteiger charge is 2.12. The van der Waals surface area contributed by atoms with E-state index in [9.17, 15) is 0 Å². The second kappa shape index (κ2) is 8.67. The van der Waals surface area contributed by atoms with Gasteiger partial charge in [0, 0.05) is 13.7 Å². The normalized spacial score (nSPS) is 13.2. The summed E-state index contributed by atoms with van der Waals surface area (Å²) in [5.41, 5.74) is 1.48. The van der Waals surface area contributed by atoms with Crippen LogP contribution in [0.4, 0.5) is 0 Å². The molecule has 0 aliphatic heterocycles. The molecule has 0 bridgehead atoms. The maximum Gasteiger partial charge on any atom is 0.0587 e. The number of aryl methyl sites for hydroxylation is 1. The first-order valence-electron chi connectivity index (χ1n) is 6.44. The Bertz CT molecular complexity index is 272. The van der Waals surface area contributed by atoms with Crippen LogP contribution < -0.4 is 5.32 Å². The lowest BCUT2D eigenvalue weighted by molar-refractivity contribution is 0.195. The van der Waals surface area contributed by atoms with Gasteiger partial charge in [0.1, 0.15) is 0 Å². The Labute approximate surface area is 109 Å². The Balaban J connectivity index is 2.23. The summed E-state index contributed by atoms with van der Waals surface area (Å²) in [6.45, 7) is 7.49. The van der Waals surface area contributed by atoms with Gasteiger partial charge in [0.15, 0.2) is 0 Å². The van der Waals surface area contributed by atoms with Gasteiger partial charge in [-0.1, -0.05) is 13.8 Å². The molecular formula is C14H25NOS. The molecule has 0 saturated carbocycles. The number of hydrogen-bond acceptors (Lipinski definition) is 3. The molecule has 1 unspecified atom stereocenters. The second-order valence-corrected chi connectivity index (χ2v) is 5.65. The van der Waals surface area contributed by atoms with Crippen LogP contribution in [0, 0.1) is 11.8 Å². The van der Waals surface area contributed by atoms with Crippen molar-refractivity contribution >= 4 is 11.3 Å². The molecule has 1 rings (SSSR count). The van der Waals surface area contributed by atoms with Crippen molar-refractivity contribution in [2.45, 2.75) is 26.7 Å². The predicted octanol–water partition coefficient (Wildman–Crippen LogP) is 3.19. The van der Waals surface area contributed by atoms with E-state index in [1.165, 1.54) is 18.4 Å². The van der Waals surface area contributed by atoms with Gasteiger partial charge in [-0.05, 0) is 53.6 Å². The Morgan fingerprint density at radius 2 is 2.24 bits per heavy atom. The number of hydrogen-bond donors (Lipinski definition) is 1. The van der Waals surface area contributed by atoms with Crippen molar-refractivity contribution in [2.24, 2.45) is 11.8 Å². The molecule has 1 aromatic rings. The molecule has 0 saturated heterocycles. The van der Waals surface area contributed by atoms with E-state index in [1.807, 2.05) is 0 Å². The molecule has 1 aromatic heterocycles. The number of ether oxygens (including phenoxy) is 1. The fourth-order valence-electron chi connectivity index (χ4n) is 1.92. The zero-order valence-electron chi connectivity index (χ0n) is 11.2. The quantitative estimate of drug-likeness (QED) is 0.684. The molecular weight excluding hydrogens is 230 g/mol. The summed E-state index contributed by atoms with van der Waals surface area (Å²) in [5, 5.41) is 7.90. The first-order chi connectivity index (χ1) is 8.24. The molecule has 0 fully saturated rings. The van der Waals surface area contributed by atoms with Crippen LogP contribution in [-0.4, -0.2) is 26.8 Å². The topological polar surface area (TPSA) is 21.3 Å². The van der Waals surface area contributed by atoms with Gasteiger partial charge in [-0.2, -0.15) is 11.3 Å². The maximum absolute atomic E-state index is 5.04. The van der Waals surface area contributed by atoms with Crippen molar-refractivity contribution in [1.82, 2.24) is 5.32 Å². The summed E-state index contributed by atoms with van der Waals surface area (Å²) in [6, 6.07) is 2.24. The van der Waals surface area contributed by atoms with Crippen LogP contribution in [0.1, 0.15) is 25.8 Å². The lowest BCUT2D eigenvalue weighted by Crippen LogP contribution is -2.29. The minimum atomic E-state index is 0.740. The van der Waals surface area contributed by atoms with Crippen molar-refractivity contribution < 1.29 is 4.74 Å². The third kappa shape index (κ3) is 6.20. The van der Waals surface area contributed by atoms with Crippen LogP contribution in [-0.2, 0) is 11.2 Å². The molecule has 1 atom stereocenters. The zero-order chi connectivity index (χ0) is 12.5. The summed E-state index contributed by atoms with van der Waals surface area (Å²) >= 11 is 1.79. The van der Waals surface area contributed by atoms with Gasteiger partial charge >= 0.3 is 0 Å². The smallest absolute Gasteiger partial charge is 0.0587 e. The summed E-state index contributed by atoms with van der Waals surface area (Å²) < 4.78 is 5.04. The number of nitrogens with one attached hydrogen (secondary N) is 1. The predicted molar refractivity (Wildman–Crippen MR) is 75.7 cm³/mol. The van der Waals surface area contributed by atoms with E-state index in [0.29, 0.717) is 0 Å². The Kier molecular flexibility index (Phi) is 7.49. The summed E-state index contributed by atoms with van der Waals surface area (Å²) in [6.07, 6.45) is 2.48. The molecule has 0 radical (unpaired) electrons. The van der Waals surface area contributed by atoms with Gasteiger partial charge in [0.2, 0.25) is 0 Å². The van der Waals surface area contributed by atoms with E-state index < -0.39 is 0 Å². The molecule has 0 aromatic carbocycles. The van der Waals surface area contributed by atoms with Crippen LogP contribution in [0.2, 0.25) is 0 Å². The Hall–Kier alpha value is -0.380. The van der Waals surface area contributed by atoms with Crippen molar-refractivity contribution in [3.05, 3.63) is 22.4 Å². The van der Waals surface area contributed by atoms with Crippen molar-refractivity contribution in [3.63, 3.8) is 0 Å². The molecule has 17 heavy (non-hydrogen) atoms. The largest absolute Gasteiger partial charge is 0.383 e. The van der Waals surface area contributed by atoms with Crippen LogP contribution in [0.25, 0.3) is 0 Å². The van der Waals surface area contributed by atoms with E-state index in [1.54, 1.807) is 18.4 Å². The number of methoxy groups -OCH3 is 1. The van der Waals surface area contributed by atoms with Crippen molar-refractivity contribution in [2.75, 3.05) is 26.8 Å². The molecule has 0 spiro atoms. The van der Waals surface area contributed by atoms with Crippen molar-refractivity contribution in [1.29, 1.82) is 0 Å². The average Bonchev–Trinajstić information content (AvgIpc) is 2.80. The van der Waals surface area contributed by atoms with Gasteiger partial charge in [-0.3, -0.25) is 0 Å². The Morgan fingerprint density at radius 3 is 2.82 bits per heavy atom. The SMILES string of the molecule is COCCNCC(CCc1ccsc1)C(C)C. The molecule has 1 heterocycles. The minimum Gasteiger partial charge on any atom is -0.383 e. The van der Waals surface area contributed by atoms with E-state index in [0.717, 1.165) is 31.5 Å². The van der Waals surface area contributed by atoms with Gasteiger partial charge in [-0.25, -0.2) is 0 Å². The Morgan fingerprint density at radius 1 is 1.41 bits per heavy atom. The first-order valence-corrected chi connectivity index (χ1v) is 7.39. The van der Waals surface area contributed by atoms with E-state index in [2.05, 4.69) is 36.0 Å². The maximum atomic E-state index is 5.04. The molecule has 0 amide bonds. The van der Waals surface area contributed by atoms with Crippen LogP contribution >= 0.6 is 11.3 Å². The van der Waals surface area contributed by atoms with E-state index in [-0.39, 0.29) is 0 Å². The molecule has 3 heteroatoms.